The molecule has 0 saturated carbocycles. The monoisotopic (exact) mass is 205 g/mol. The first-order chi connectivity index (χ1) is 7.93. The van der Waals surface area contributed by atoms with Gasteiger partial charge >= 0.3 is 0 Å². The topological polar surface area (TPSA) is 31.9 Å². The largest absolute Gasteiger partial charge is 0.275 e. The van der Waals surface area contributed by atoms with Crippen molar-refractivity contribution < 1.29 is 0 Å². The Labute approximate surface area is 92.4 Å². The fraction of sp³-hybridized carbons (Fsp3) is 0. The predicted octanol–water partition coefficient (Wildman–Crippen LogP) is 2.71. The van der Waals surface area contributed by atoms with Crippen LogP contribution in [0.1, 0.15) is 0 Å². The van der Waals surface area contributed by atoms with Gasteiger partial charge in [0.1, 0.15) is 0 Å². The molecule has 0 bridgehead atoms. The van der Waals surface area contributed by atoms with E-state index in [0.717, 1.165) is 28.4 Å². The van der Waals surface area contributed by atoms with E-state index in [0.29, 0.717) is 0 Å². The van der Waals surface area contributed by atoms with Crippen LogP contribution < -0.4 is 5.32 Å². The average molecular weight is 205 g/mol. The molecule has 0 spiro atoms. The van der Waals surface area contributed by atoms with Crippen molar-refractivity contribution in [3.8, 4) is 5.69 Å². The molecular weight excluding hydrogens is 198 g/mol. The molecule has 2 aromatic carbocycles. The molecule has 16 heavy (non-hydrogen) atoms. The number of imidazole rings is 1. The van der Waals surface area contributed by atoms with Gasteiger partial charge in [-0.15, -0.1) is 0 Å². The highest BCUT2D eigenvalue weighted by atomic mass is 15.3. The van der Waals surface area contributed by atoms with Gasteiger partial charge in [0.05, 0.1) is 22.4 Å². The Kier molecular flexibility index (Phi) is 1.31. The lowest BCUT2D eigenvalue weighted by molar-refractivity contribution is 1.07. The molecule has 1 aliphatic rings. The van der Waals surface area contributed by atoms with E-state index >= 15 is 0 Å². The zero-order valence-electron chi connectivity index (χ0n) is 8.38. The van der Waals surface area contributed by atoms with Crippen molar-refractivity contribution in [3.63, 3.8) is 0 Å². The summed E-state index contributed by atoms with van der Waals surface area (Å²) in [6, 6.07) is 16.9. The van der Waals surface area contributed by atoms with E-state index in [2.05, 4.69) is 27.0 Å². The van der Waals surface area contributed by atoms with Crippen LogP contribution in [-0.2, 0) is 0 Å². The molecule has 3 nitrogen and oxygen atoms in total. The van der Waals surface area contributed by atoms with Crippen LogP contribution in [-0.4, -0.2) is 9.55 Å². The quantitative estimate of drug-likeness (QED) is 0.434. The number of fused-ring (bicyclic) bond motifs is 5. The Bertz CT molecular complexity index is 697. The van der Waals surface area contributed by atoms with Gasteiger partial charge in [0.25, 0.3) is 0 Å². The lowest BCUT2D eigenvalue weighted by Crippen LogP contribution is -1.87. The summed E-state index contributed by atoms with van der Waals surface area (Å²) in [6.07, 6.45) is 0. The highest BCUT2D eigenvalue weighted by molar-refractivity contribution is 5.85. The third-order valence-electron chi connectivity index (χ3n) is 2.82. The SMILES string of the molecule is [c]1ccc2c(c1)-n1c(nc3ccccc31)[N]2. The second-order valence-corrected chi connectivity index (χ2v) is 3.76. The molecule has 0 N–H and O–H groups in total. The maximum Gasteiger partial charge on any atom is 0.236 e. The molecule has 0 saturated heterocycles. The number of rotatable bonds is 0. The molecule has 1 aromatic heterocycles. The maximum absolute atomic E-state index is 4.49. The van der Waals surface area contributed by atoms with Crippen molar-refractivity contribution in [2.24, 2.45) is 0 Å². The van der Waals surface area contributed by atoms with Gasteiger partial charge in [-0.25, -0.2) is 10.3 Å². The third kappa shape index (κ3) is 0.852. The zero-order valence-corrected chi connectivity index (χ0v) is 8.38. The zero-order chi connectivity index (χ0) is 10.5. The fourth-order valence-electron chi connectivity index (χ4n) is 2.12. The highest BCUT2D eigenvalue weighted by Crippen LogP contribution is 2.36. The summed E-state index contributed by atoms with van der Waals surface area (Å²) in [4.78, 5) is 4.49. The summed E-state index contributed by atoms with van der Waals surface area (Å²) >= 11 is 0. The third-order valence-corrected chi connectivity index (χ3v) is 2.82. The highest BCUT2D eigenvalue weighted by Gasteiger charge is 2.22. The first kappa shape index (κ1) is 7.93. The minimum absolute atomic E-state index is 0.760. The molecule has 0 aliphatic carbocycles. The molecule has 2 heterocycles. The average Bonchev–Trinajstić information content (AvgIpc) is 2.83. The minimum atomic E-state index is 0.760. The molecule has 3 aromatic rings. The summed E-state index contributed by atoms with van der Waals surface area (Å²) in [6.45, 7) is 0. The van der Waals surface area contributed by atoms with Crippen LogP contribution in [0.4, 0.5) is 11.6 Å². The molecule has 0 amide bonds. The standard InChI is InChI=1S/C13H7N3/c1-3-7-11-9(5-1)14-13-15-10-6-2-4-8-12(10)16(11)13/h1-3,5-8H. The number of nitrogens with zero attached hydrogens (tertiary/aromatic N) is 3. The minimum Gasteiger partial charge on any atom is -0.275 e. The molecule has 0 unspecified atom stereocenters. The van der Waals surface area contributed by atoms with Crippen LogP contribution in [0.15, 0.2) is 42.5 Å². The second kappa shape index (κ2) is 2.64. The second-order valence-electron chi connectivity index (χ2n) is 3.76. The van der Waals surface area contributed by atoms with Crippen LogP contribution in [0.2, 0.25) is 0 Å². The van der Waals surface area contributed by atoms with Gasteiger partial charge in [-0.3, -0.25) is 4.57 Å². The lowest BCUT2D eigenvalue weighted by Gasteiger charge is -2.00. The van der Waals surface area contributed by atoms with E-state index in [1.54, 1.807) is 0 Å². The predicted molar refractivity (Wildman–Crippen MR) is 61.4 cm³/mol. The van der Waals surface area contributed by atoms with E-state index in [1.807, 2.05) is 36.4 Å². The van der Waals surface area contributed by atoms with Gasteiger partial charge in [-0.2, -0.15) is 0 Å². The van der Waals surface area contributed by atoms with Gasteiger partial charge in [-0.1, -0.05) is 18.2 Å². The van der Waals surface area contributed by atoms with Crippen molar-refractivity contribution in [1.82, 2.24) is 14.9 Å². The normalized spacial score (nSPS) is 12.2. The molecule has 4 rings (SSSR count). The lowest BCUT2D eigenvalue weighted by atomic mass is 10.2. The van der Waals surface area contributed by atoms with Gasteiger partial charge < -0.3 is 0 Å². The van der Waals surface area contributed by atoms with Gasteiger partial charge in [0.2, 0.25) is 5.95 Å². The number of hydrogen-bond acceptors (Lipinski definition) is 1. The van der Waals surface area contributed by atoms with E-state index in [1.165, 1.54) is 0 Å². The summed E-state index contributed by atoms with van der Waals surface area (Å²) in [5.41, 5.74) is 4.11. The van der Waals surface area contributed by atoms with E-state index in [-0.39, 0.29) is 0 Å². The van der Waals surface area contributed by atoms with Crippen LogP contribution in [0, 0.1) is 6.07 Å². The number of hydrogen-bond donors (Lipinski definition) is 0. The van der Waals surface area contributed by atoms with Crippen molar-refractivity contribution >= 4 is 22.7 Å². The first-order valence-corrected chi connectivity index (χ1v) is 5.13. The molecule has 74 valence electrons. The molecule has 0 fully saturated rings. The van der Waals surface area contributed by atoms with Gasteiger partial charge in [0.15, 0.2) is 0 Å². The van der Waals surface area contributed by atoms with Crippen molar-refractivity contribution in [2.45, 2.75) is 0 Å². The van der Waals surface area contributed by atoms with Gasteiger partial charge in [-0.05, 0) is 30.3 Å². The van der Waals surface area contributed by atoms with Crippen LogP contribution in [0.25, 0.3) is 16.7 Å². The summed E-state index contributed by atoms with van der Waals surface area (Å²) in [7, 11) is 0. The Morgan fingerprint density at radius 3 is 3.06 bits per heavy atom. The summed E-state index contributed by atoms with van der Waals surface area (Å²) < 4.78 is 2.07. The maximum atomic E-state index is 4.49. The molecule has 2 radical (unpaired) electrons. The summed E-state index contributed by atoms with van der Waals surface area (Å²) in [5, 5.41) is 4.48. The summed E-state index contributed by atoms with van der Waals surface area (Å²) in [5.74, 6) is 0.760. The molecule has 3 heteroatoms. The number of aromatic nitrogens is 2. The Morgan fingerprint density at radius 2 is 2.06 bits per heavy atom. The molecule has 0 atom stereocenters. The number of benzene rings is 2. The van der Waals surface area contributed by atoms with Gasteiger partial charge in [0, 0.05) is 0 Å². The smallest absolute Gasteiger partial charge is 0.236 e. The Morgan fingerprint density at radius 1 is 1.12 bits per heavy atom. The van der Waals surface area contributed by atoms with E-state index in [4.69, 9.17) is 0 Å². The fourth-order valence-corrected chi connectivity index (χ4v) is 2.12. The van der Waals surface area contributed by atoms with E-state index < -0.39 is 0 Å². The van der Waals surface area contributed by atoms with E-state index in [9.17, 15) is 0 Å². The van der Waals surface area contributed by atoms with Crippen molar-refractivity contribution in [2.75, 3.05) is 0 Å². The molecular formula is C13H7N3. The number of para-hydroxylation sites is 2. The van der Waals surface area contributed by atoms with Crippen molar-refractivity contribution in [3.05, 3.63) is 48.5 Å². The first-order valence-electron chi connectivity index (χ1n) is 5.13. The van der Waals surface area contributed by atoms with Crippen LogP contribution >= 0.6 is 0 Å². The molecule has 1 aliphatic heterocycles. The van der Waals surface area contributed by atoms with Crippen LogP contribution in [0.3, 0.4) is 0 Å². The Balaban J connectivity index is 2.15. The van der Waals surface area contributed by atoms with Crippen LogP contribution in [0.5, 0.6) is 0 Å². The van der Waals surface area contributed by atoms with Crippen molar-refractivity contribution in [1.29, 1.82) is 0 Å². The Hall–Kier alpha value is -2.29.